The molecule has 0 saturated heterocycles. The molecule has 0 atom stereocenters. The molecule has 0 aromatic heterocycles. The maximum Gasteiger partial charge on any atom is 0.209 e. The van der Waals surface area contributed by atoms with E-state index < -0.39 is 0 Å². The standard InChI is InChI=1S/C61H99N2/c1-7-9-11-13-15-17-19-21-23-25-27-29-31-33-35-44-52-62-56-48-42-40-46-54(56)60(3,4)58(62)50-38-37-39-51-59-61(5,6)55-47-41-43-49-57(55)63(59)53-45-36-34-32-30-28-26-24-22-20-18-16-14-12-10-8-2/h37-43,46-51H,7-36,44-45,52-53H2,1-6H3/q+1. The largest absolute Gasteiger partial charge is 0.344 e. The zero-order valence-electron chi connectivity index (χ0n) is 42.4. The Balaban J connectivity index is 1.21. The Kier molecular flexibility index (Phi) is 26.1. The minimum Gasteiger partial charge on any atom is -0.344 e. The Morgan fingerprint density at radius 3 is 1.33 bits per heavy atom. The van der Waals surface area contributed by atoms with Gasteiger partial charge in [-0.25, -0.2) is 0 Å². The summed E-state index contributed by atoms with van der Waals surface area (Å²) in [6.45, 7) is 16.5. The zero-order valence-corrected chi connectivity index (χ0v) is 42.4. The molecule has 0 amide bonds. The molecule has 0 unspecified atom stereocenters. The summed E-state index contributed by atoms with van der Waals surface area (Å²) in [6, 6.07) is 18.3. The van der Waals surface area contributed by atoms with Gasteiger partial charge in [-0.2, -0.15) is 4.58 Å². The van der Waals surface area contributed by atoms with Crippen LogP contribution in [-0.2, 0) is 10.8 Å². The van der Waals surface area contributed by atoms with E-state index in [1.54, 1.807) is 0 Å². The minimum atomic E-state index is -0.00666. The molecule has 2 aliphatic rings. The van der Waals surface area contributed by atoms with E-state index in [4.69, 9.17) is 0 Å². The van der Waals surface area contributed by atoms with Crippen molar-refractivity contribution in [3.63, 3.8) is 0 Å². The van der Waals surface area contributed by atoms with Crippen LogP contribution in [0.25, 0.3) is 0 Å². The van der Waals surface area contributed by atoms with E-state index in [-0.39, 0.29) is 10.8 Å². The molecule has 0 radical (unpaired) electrons. The molecule has 4 rings (SSSR count). The Bertz CT molecular complexity index is 1630. The van der Waals surface area contributed by atoms with Gasteiger partial charge in [0.1, 0.15) is 6.54 Å². The highest BCUT2D eigenvalue weighted by Gasteiger charge is 2.44. The van der Waals surface area contributed by atoms with Gasteiger partial charge in [0.05, 0.1) is 5.41 Å². The summed E-state index contributed by atoms with van der Waals surface area (Å²) >= 11 is 0. The number of fused-ring (bicyclic) bond motifs is 2. The SMILES string of the molecule is CCCCCCCCCCCCCCCCCCN1\C(=C/C=C/C=C\C2=[N+](CCCCCCCCCCCCCCCCCC)c3ccccc3C2(C)C)C(C)(C)c2ccccc21. The van der Waals surface area contributed by atoms with Crippen LogP contribution in [0.2, 0.25) is 0 Å². The van der Waals surface area contributed by atoms with Crippen LogP contribution in [0.1, 0.15) is 258 Å². The summed E-state index contributed by atoms with van der Waals surface area (Å²) in [7, 11) is 0. The third-order valence-corrected chi connectivity index (χ3v) is 14.8. The summed E-state index contributed by atoms with van der Waals surface area (Å²) < 4.78 is 2.64. The Labute approximate surface area is 391 Å². The third kappa shape index (κ3) is 18.1. The van der Waals surface area contributed by atoms with Crippen LogP contribution in [0, 0.1) is 0 Å². The molecule has 0 spiro atoms. The van der Waals surface area contributed by atoms with Crippen LogP contribution in [0.5, 0.6) is 0 Å². The Morgan fingerprint density at radius 2 is 0.841 bits per heavy atom. The predicted octanol–water partition coefficient (Wildman–Crippen LogP) is 19.4. The summed E-state index contributed by atoms with van der Waals surface area (Å²) in [5, 5.41) is 0. The van der Waals surface area contributed by atoms with Gasteiger partial charge in [0.25, 0.3) is 0 Å². The fraction of sp³-hybridized carbons (Fsp3) is 0.689. The zero-order chi connectivity index (χ0) is 44.9. The van der Waals surface area contributed by atoms with Crippen molar-refractivity contribution in [3.8, 4) is 0 Å². The van der Waals surface area contributed by atoms with E-state index in [1.807, 2.05) is 0 Å². The second kappa shape index (κ2) is 31.1. The highest BCUT2D eigenvalue weighted by atomic mass is 15.2. The van der Waals surface area contributed by atoms with Gasteiger partial charge in [-0.15, -0.1) is 0 Å². The fourth-order valence-electron chi connectivity index (χ4n) is 10.8. The molecule has 2 aliphatic heterocycles. The van der Waals surface area contributed by atoms with Crippen molar-refractivity contribution in [3.05, 3.63) is 95.7 Å². The number of allylic oxidation sites excluding steroid dienone is 6. The van der Waals surface area contributed by atoms with Gasteiger partial charge in [0.2, 0.25) is 5.69 Å². The van der Waals surface area contributed by atoms with Crippen molar-refractivity contribution in [1.82, 2.24) is 0 Å². The van der Waals surface area contributed by atoms with Crippen LogP contribution >= 0.6 is 0 Å². The number of anilines is 1. The third-order valence-electron chi connectivity index (χ3n) is 14.8. The van der Waals surface area contributed by atoms with Crippen LogP contribution in [-0.4, -0.2) is 23.4 Å². The molecule has 0 N–H and O–H groups in total. The maximum atomic E-state index is 2.64. The normalized spacial score (nSPS) is 16.1. The van der Waals surface area contributed by atoms with E-state index in [9.17, 15) is 0 Å². The van der Waals surface area contributed by atoms with Crippen molar-refractivity contribution in [2.45, 2.75) is 258 Å². The highest BCUT2D eigenvalue weighted by molar-refractivity contribution is 6.03. The number of unbranched alkanes of at least 4 members (excludes halogenated alkanes) is 30. The molecule has 2 heteroatoms. The lowest BCUT2D eigenvalue weighted by Gasteiger charge is -2.27. The van der Waals surface area contributed by atoms with Gasteiger partial charge in [-0.05, 0) is 44.4 Å². The molecule has 2 aromatic rings. The molecular weight excluding hydrogens is 761 g/mol. The molecule has 352 valence electrons. The average Bonchev–Trinajstić information content (AvgIpc) is 3.63. The second-order valence-electron chi connectivity index (χ2n) is 20.9. The number of hydrogen-bond donors (Lipinski definition) is 0. The van der Waals surface area contributed by atoms with Crippen LogP contribution < -0.4 is 4.90 Å². The molecule has 0 aliphatic carbocycles. The lowest BCUT2D eigenvalue weighted by atomic mass is 9.81. The first-order valence-corrected chi connectivity index (χ1v) is 27.5. The molecule has 0 saturated carbocycles. The van der Waals surface area contributed by atoms with E-state index in [2.05, 4.69) is 130 Å². The molecule has 0 bridgehead atoms. The number of hydrogen-bond acceptors (Lipinski definition) is 1. The first-order chi connectivity index (χ1) is 30.8. The quantitative estimate of drug-likeness (QED) is 0.0373. The average molecular weight is 860 g/mol. The number of para-hydroxylation sites is 2. The first kappa shape index (κ1) is 52.8. The van der Waals surface area contributed by atoms with Gasteiger partial charge in [0, 0.05) is 47.5 Å². The van der Waals surface area contributed by atoms with Crippen molar-refractivity contribution in [2.75, 3.05) is 18.0 Å². The first-order valence-electron chi connectivity index (χ1n) is 27.5. The fourth-order valence-corrected chi connectivity index (χ4v) is 10.8. The van der Waals surface area contributed by atoms with Crippen molar-refractivity contribution >= 4 is 17.1 Å². The van der Waals surface area contributed by atoms with Crippen molar-refractivity contribution in [2.24, 2.45) is 0 Å². The molecule has 63 heavy (non-hydrogen) atoms. The number of benzene rings is 2. The van der Waals surface area contributed by atoms with Gasteiger partial charge in [-0.3, -0.25) is 0 Å². The smallest absolute Gasteiger partial charge is 0.209 e. The molecular formula is C61H99N2+. The Morgan fingerprint density at radius 1 is 0.429 bits per heavy atom. The number of nitrogens with zero attached hydrogens (tertiary/aromatic N) is 2. The van der Waals surface area contributed by atoms with E-state index >= 15 is 0 Å². The summed E-state index contributed by atoms with van der Waals surface area (Å²) in [4.78, 5) is 2.64. The lowest BCUT2D eigenvalue weighted by molar-refractivity contribution is -0.438. The molecule has 2 nitrogen and oxygen atoms in total. The molecule has 2 heterocycles. The lowest BCUT2D eigenvalue weighted by Crippen LogP contribution is -2.27. The topological polar surface area (TPSA) is 6.25 Å². The monoisotopic (exact) mass is 860 g/mol. The second-order valence-corrected chi connectivity index (χ2v) is 20.9. The van der Waals surface area contributed by atoms with Crippen molar-refractivity contribution < 1.29 is 4.58 Å². The highest BCUT2D eigenvalue weighted by Crippen LogP contribution is 2.47. The Hall–Kier alpha value is -2.87. The van der Waals surface area contributed by atoms with Crippen LogP contribution in [0.15, 0.2) is 84.6 Å². The van der Waals surface area contributed by atoms with Gasteiger partial charge in [0.15, 0.2) is 5.71 Å². The summed E-state index contributed by atoms with van der Waals surface area (Å²) in [5.74, 6) is 0. The summed E-state index contributed by atoms with van der Waals surface area (Å²) in [5.41, 5.74) is 8.58. The number of rotatable bonds is 37. The van der Waals surface area contributed by atoms with Gasteiger partial charge < -0.3 is 4.90 Å². The van der Waals surface area contributed by atoms with Crippen LogP contribution in [0.3, 0.4) is 0 Å². The van der Waals surface area contributed by atoms with E-state index in [0.717, 1.165) is 13.1 Å². The van der Waals surface area contributed by atoms with Gasteiger partial charge >= 0.3 is 0 Å². The minimum absolute atomic E-state index is 0.00666. The molecule has 2 aromatic carbocycles. The van der Waals surface area contributed by atoms with E-state index in [0.29, 0.717) is 0 Å². The van der Waals surface area contributed by atoms with Gasteiger partial charge in [-0.1, -0.05) is 269 Å². The van der Waals surface area contributed by atoms with E-state index in [1.165, 1.54) is 239 Å². The molecule has 0 fully saturated rings. The van der Waals surface area contributed by atoms with Crippen molar-refractivity contribution in [1.29, 1.82) is 0 Å². The van der Waals surface area contributed by atoms with Crippen LogP contribution in [0.4, 0.5) is 11.4 Å². The summed E-state index contributed by atoms with van der Waals surface area (Å²) in [6.07, 6.45) is 56.9. The maximum absolute atomic E-state index is 2.64. The predicted molar refractivity (Wildman–Crippen MR) is 282 cm³/mol.